The third kappa shape index (κ3) is 7.04. The van der Waals surface area contributed by atoms with Gasteiger partial charge in [-0.25, -0.2) is 0 Å². The van der Waals surface area contributed by atoms with Gasteiger partial charge in [-0.1, -0.05) is 71.4 Å². The minimum absolute atomic E-state index is 0. The molecule has 0 bridgehead atoms. The Morgan fingerprint density at radius 1 is 1.27 bits per heavy atom. The Balaban J connectivity index is 0. The largest absolute Gasteiger partial charge is 0.321 e. The Bertz CT molecular complexity index is 469. The lowest BCUT2D eigenvalue weighted by atomic mass is 9.93. The quantitative estimate of drug-likeness (QED) is 0.832. The molecule has 1 unspecified atom stereocenters. The van der Waals surface area contributed by atoms with Crippen LogP contribution in [0.25, 0.3) is 6.08 Å². The summed E-state index contributed by atoms with van der Waals surface area (Å²) in [6, 6.07) is 6.07. The number of Topliss-reactive ketones (excluding diaryl/α,β-unsaturated/α-hetero) is 1. The number of aryl methyl sites for hydroxylation is 1. The summed E-state index contributed by atoms with van der Waals surface area (Å²) in [5.74, 6) is 0.137. The van der Waals surface area contributed by atoms with Gasteiger partial charge in [-0.2, -0.15) is 0 Å². The minimum Gasteiger partial charge on any atom is -0.321 e. The lowest BCUT2D eigenvalue weighted by molar-refractivity contribution is -0.119. The number of benzene rings is 1. The molecule has 0 fully saturated rings. The number of hydrogen-bond donors (Lipinski definition) is 1. The maximum absolute atomic E-state index is 11.5. The predicted octanol–water partition coefficient (Wildman–Crippen LogP) is 5.18. The molecule has 126 valence electrons. The third-order valence-electron chi connectivity index (χ3n) is 3.31. The number of fused-ring (bicyclic) bond motifs is 1. The molecule has 0 saturated heterocycles. The Labute approximate surface area is 138 Å². The number of carbonyl (C=O) groups excluding carboxylic acids is 1. The highest BCUT2D eigenvalue weighted by Gasteiger charge is 2.13. The van der Waals surface area contributed by atoms with E-state index in [2.05, 4.69) is 44.2 Å². The number of allylic oxidation sites excluding steroid dienone is 1. The van der Waals surface area contributed by atoms with Crippen LogP contribution in [0.1, 0.15) is 72.0 Å². The molecule has 0 aliphatic heterocycles. The second-order valence-corrected chi connectivity index (χ2v) is 5.31. The van der Waals surface area contributed by atoms with Crippen LogP contribution in [0.2, 0.25) is 0 Å². The number of carbonyl (C=O) groups is 1. The van der Waals surface area contributed by atoms with Crippen LogP contribution in [-0.4, -0.2) is 11.8 Å². The van der Waals surface area contributed by atoms with E-state index >= 15 is 0 Å². The maximum atomic E-state index is 11.5. The van der Waals surface area contributed by atoms with Crippen molar-refractivity contribution >= 4 is 11.9 Å². The summed E-state index contributed by atoms with van der Waals surface area (Å²) in [6.45, 7) is 10.1. The van der Waals surface area contributed by atoms with Crippen molar-refractivity contribution in [1.29, 1.82) is 0 Å². The summed E-state index contributed by atoms with van der Waals surface area (Å²) in [5, 5.41) is 0. The standard InChI is InChI=1S/C15H19NO.C3H8.C2H6.H2/c1-2-15(17)14(16)10-11-7-8-12-5-3-4-6-13(12)9-11;1-3-2;1-2;/h4,6-9,14H,2-3,5,10,16H2,1H3;3H2,1-2H3;1-2H3;1H. The van der Waals surface area contributed by atoms with Gasteiger partial charge in [-0.05, 0) is 36.0 Å². The summed E-state index contributed by atoms with van der Waals surface area (Å²) in [4.78, 5) is 11.5. The van der Waals surface area contributed by atoms with E-state index in [-0.39, 0.29) is 13.3 Å². The zero-order chi connectivity index (χ0) is 17.0. The van der Waals surface area contributed by atoms with Gasteiger partial charge < -0.3 is 5.73 Å². The van der Waals surface area contributed by atoms with Gasteiger partial charge in [0, 0.05) is 7.85 Å². The molecule has 2 N–H and O–H groups in total. The molecule has 0 radical (unpaired) electrons. The van der Waals surface area contributed by atoms with E-state index in [4.69, 9.17) is 5.73 Å². The van der Waals surface area contributed by atoms with Crippen LogP contribution in [-0.2, 0) is 17.6 Å². The molecule has 1 aliphatic carbocycles. The van der Waals surface area contributed by atoms with E-state index in [9.17, 15) is 4.79 Å². The molecule has 1 aromatic carbocycles. The van der Waals surface area contributed by atoms with E-state index in [1.807, 2.05) is 20.8 Å². The molecular weight excluding hydrogens is 270 g/mol. The SMILES string of the molecule is CC.CCC.CCC(=O)C(N)Cc1ccc2c(c1)C=CCC2.[HH]. The molecule has 0 amide bonds. The Hall–Kier alpha value is -1.41. The van der Waals surface area contributed by atoms with Crippen molar-refractivity contribution in [2.45, 2.75) is 72.8 Å². The van der Waals surface area contributed by atoms with Crippen LogP contribution in [0.4, 0.5) is 0 Å². The van der Waals surface area contributed by atoms with E-state index in [0.29, 0.717) is 12.8 Å². The van der Waals surface area contributed by atoms with Crippen LogP contribution in [0, 0.1) is 0 Å². The van der Waals surface area contributed by atoms with Crippen LogP contribution in [0.3, 0.4) is 0 Å². The highest BCUT2D eigenvalue weighted by molar-refractivity contribution is 5.83. The van der Waals surface area contributed by atoms with E-state index in [0.717, 1.165) is 18.4 Å². The number of rotatable bonds is 4. The van der Waals surface area contributed by atoms with Gasteiger partial charge in [-0.15, -0.1) is 0 Å². The monoisotopic (exact) mass is 305 g/mol. The van der Waals surface area contributed by atoms with Crippen LogP contribution in [0.15, 0.2) is 24.3 Å². The molecule has 2 heteroatoms. The first-order valence-corrected chi connectivity index (χ1v) is 8.68. The molecule has 1 aromatic rings. The molecule has 1 aliphatic rings. The van der Waals surface area contributed by atoms with Crippen molar-refractivity contribution in [1.82, 2.24) is 0 Å². The summed E-state index contributed by atoms with van der Waals surface area (Å²) < 4.78 is 0. The first-order chi connectivity index (χ1) is 10.6. The van der Waals surface area contributed by atoms with Gasteiger partial charge in [-0.3, -0.25) is 4.79 Å². The third-order valence-corrected chi connectivity index (χ3v) is 3.31. The molecular formula is C20H35NO. The van der Waals surface area contributed by atoms with E-state index < -0.39 is 0 Å². The first kappa shape index (κ1) is 20.6. The van der Waals surface area contributed by atoms with Crippen molar-refractivity contribution in [3.63, 3.8) is 0 Å². The van der Waals surface area contributed by atoms with Crippen molar-refractivity contribution in [3.05, 3.63) is 41.0 Å². The Morgan fingerprint density at radius 3 is 2.50 bits per heavy atom. The van der Waals surface area contributed by atoms with Gasteiger partial charge in [0.15, 0.2) is 0 Å². The van der Waals surface area contributed by atoms with Crippen LogP contribution < -0.4 is 5.73 Å². The van der Waals surface area contributed by atoms with Gasteiger partial charge in [0.1, 0.15) is 5.78 Å². The molecule has 1 atom stereocenters. The summed E-state index contributed by atoms with van der Waals surface area (Å²) in [6.07, 6.45) is 9.02. The summed E-state index contributed by atoms with van der Waals surface area (Å²) in [5.41, 5.74) is 9.70. The smallest absolute Gasteiger partial charge is 0.149 e. The molecule has 0 aromatic heterocycles. The summed E-state index contributed by atoms with van der Waals surface area (Å²) >= 11 is 0. The van der Waals surface area contributed by atoms with Crippen molar-refractivity contribution in [2.75, 3.05) is 0 Å². The molecule has 0 spiro atoms. The van der Waals surface area contributed by atoms with Crippen LogP contribution in [0.5, 0.6) is 0 Å². The zero-order valence-corrected chi connectivity index (χ0v) is 15.0. The lowest BCUT2D eigenvalue weighted by Gasteiger charge is -2.14. The normalized spacial score (nSPS) is 13.0. The molecule has 22 heavy (non-hydrogen) atoms. The molecule has 2 rings (SSSR count). The van der Waals surface area contributed by atoms with Gasteiger partial charge in [0.2, 0.25) is 0 Å². The second-order valence-electron chi connectivity index (χ2n) is 5.31. The highest BCUT2D eigenvalue weighted by Crippen LogP contribution is 2.21. The Morgan fingerprint density at radius 2 is 1.91 bits per heavy atom. The maximum Gasteiger partial charge on any atom is 0.149 e. The summed E-state index contributed by atoms with van der Waals surface area (Å²) in [7, 11) is 0. The Kier molecular flexibility index (Phi) is 11.4. The number of ketones is 1. The fourth-order valence-corrected chi connectivity index (χ4v) is 2.23. The fourth-order valence-electron chi connectivity index (χ4n) is 2.23. The number of nitrogens with two attached hydrogens (primary N) is 1. The van der Waals surface area contributed by atoms with Crippen molar-refractivity contribution in [3.8, 4) is 0 Å². The topological polar surface area (TPSA) is 43.1 Å². The predicted molar refractivity (Wildman–Crippen MR) is 100 cm³/mol. The zero-order valence-electron chi connectivity index (χ0n) is 15.0. The molecule has 0 saturated carbocycles. The van der Waals surface area contributed by atoms with E-state index in [1.54, 1.807) is 0 Å². The van der Waals surface area contributed by atoms with E-state index in [1.165, 1.54) is 17.5 Å². The minimum atomic E-state index is -0.356. The average molecular weight is 306 g/mol. The average Bonchev–Trinajstić information content (AvgIpc) is 2.56. The van der Waals surface area contributed by atoms with Gasteiger partial charge >= 0.3 is 0 Å². The number of hydrogen-bond acceptors (Lipinski definition) is 2. The fraction of sp³-hybridized carbons (Fsp3) is 0.550. The lowest BCUT2D eigenvalue weighted by Crippen LogP contribution is -2.32. The first-order valence-electron chi connectivity index (χ1n) is 8.68. The van der Waals surface area contributed by atoms with Crippen molar-refractivity contribution < 1.29 is 6.22 Å². The molecule has 2 nitrogen and oxygen atoms in total. The molecule has 0 heterocycles. The van der Waals surface area contributed by atoms with Gasteiger partial charge in [0.05, 0.1) is 6.04 Å². The highest BCUT2D eigenvalue weighted by atomic mass is 16.1. The second kappa shape index (κ2) is 12.2. The van der Waals surface area contributed by atoms with Crippen LogP contribution >= 0.6 is 0 Å². The van der Waals surface area contributed by atoms with Crippen molar-refractivity contribution in [2.24, 2.45) is 5.73 Å². The van der Waals surface area contributed by atoms with Gasteiger partial charge in [0.25, 0.3) is 0 Å².